The summed E-state index contributed by atoms with van der Waals surface area (Å²) in [5, 5.41) is 0. The van der Waals surface area contributed by atoms with Gasteiger partial charge in [-0.05, 0) is 25.0 Å². The van der Waals surface area contributed by atoms with Crippen molar-refractivity contribution < 1.29 is 18.3 Å². The maximum Gasteiger partial charge on any atom is 0.387 e. The molecule has 0 amide bonds. The zero-order valence-electron chi connectivity index (χ0n) is 9.17. The predicted molar refractivity (Wildman–Crippen MR) is 62.0 cm³/mol. The maximum absolute atomic E-state index is 12.0. The fraction of sp³-hybridized carbons (Fsp3) is 0.417. The zero-order chi connectivity index (χ0) is 12.7. The molecule has 0 saturated heterocycles. The highest BCUT2D eigenvalue weighted by Gasteiger charge is 2.09. The van der Waals surface area contributed by atoms with Crippen LogP contribution in [0, 0.1) is 0 Å². The van der Waals surface area contributed by atoms with Crippen molar-refractivity contribution in [2.24, 2.45) is 0 Å². The van der Waals surface area contributed by atoms with Crippen LogP contribution in [0.5, 0.6) is 5.75 Å². The molecule has 0 N–H and O–H groups in total. The number of alkyl halides is 3. The van der Waals surface area contributed by atoms with Crippen LogP contribution in [0.15, 0.2) is 24.3 Å². The fourth-order valence-electron chi connectivity index (χ4n) is 1.37. The van der Waals surface area contributed by atoms with Gasteiger partial charge in [0.15, 0.2) is 5.78 Å². The standard InChI is InChI=1S/C12H13ClF2O2/c13-7-2-1-6-11(16)9-4-3-5-10(8-9)17-12(14)15/h3-5,8,12H,1-2,6-7H2. The van der Waals surface area contributed by atoms with Crippen molar-refractivity contribution in [1.82, 2.24) is 0 Å². The Balaban J connectivity index is 2.60. The van der Waals surface area contributed by atoms with E-state index in [1.54, 1.807) is 6.07 Å². The van der Waals surface area contributed by atoms with E-state index < -0.39 is 6.61 Å². The van der Waals surface area contributed by atoms with E-state index in [1.807, 2.05) is 0 Å². The molecule has 5 heteroatoms. The van der Waals surface area contributed by atoms with Crippen LogP contribution >= 0.6 is 11.6 Å². The van der Waals surface area contributed by atoms with Gasteiger partial charge < -0.3 is 4.74 Å². The lowest BCUT2D eigenvalue weighted by molar-refractivity contribution is -0.0498. The second-order valence-corrected chi connectivity index (χ2v) is 3.85. The lowest BCUT2D eigenvalue weighted by atomic mass is 10.1. The molecular formula is C12H13ClF2O2. The Labute approximate surface area is 104 Å². The number of carbonyl (C=O) groups is 1. The minimum atomic E-state index is -2.88. The number of hydrogen-bond donors (Lipinski definition) is 0. The summed E-state index contributed by atoms with van der Waals surface area (Å²) in [6.07, 6.45) is 1.83. The average molecular weight is 263 g/mol. The Morgan fingerprint density at radius 1 is 1.35 bits per heavy atom. The van der Waals surface area contributed by atoms with Crippen molar-refractivity contribution >= 4 is 17.4 Å². The van der Waals surface area contributed by atoms with Gasteiger partial charge in [0.1, 0.15) is 5.75 Å². The highest BCUT2D eigenvalue weighted by Crippen LogP contribution is 2.17. The molecule has 0 unspecified atom stereocenters. The first-order valence-electron chi connectivity index (χ1n) is 5.27. The summed E-state index contributed by atoms with van der Waals surface area (Å²) < 4.78 is 28.2. The monoisotopic (exact) mass is 262 g/mol. The molecule has 0 aliphatic heterocycles. The van der Waals surface area contributed by atoms with Crippen LogP contribution in [-0.4, -0.2) is 18.3 Å². The fourth-order valence-corrected chi connectivity index (χ4v) is 1.56. The van der Waals surface area contributed by atoms with Crippen LogP contribution in [0.4, 0.5) is 8.78 Å². The van der Waals surface area contributed by atoms with E-state index in [4.69, 9.17) is 11.6 Å². The number of Topliss-reactive ketones (excluding diaryl/α,β-unsaturated/α-hetero) is 1. The number of benzene rings is 1. The molecule has 0 aromatic heterocycles. The average Bonchev–Trinajstić information content (AvgIpc) is 2.28. The minimum absolute atomic E-state index is 0.00296. The van der Waals surface area contributed by atoms with Crippen molar-refractivity contribution in [3.63, 3.8) is 0 Å². The molecule has 0 radical (unpaired) electrons. The molecule has 0 bridgehead atoms. The highest BCUT2D eigenvalue weighted by molar-refractivity contribution is 6.17. The van der Waals surface area contributed by atoms with Crippen molar-refractivity contribution in [2.45, 2.75) is 25.9 Å². The van der Waals surface area contributed by atoms with E-state index in [0.717, 1.165) is 6.42 Å². The van der Waals surface area contributed by atoms with Gasteiger partial charge in [0, 0.05) is 17.9 Å². The van der Waals surface area contributed by atoms with Crippen molar-refractivity contribution in [3.05, 3.63) is 29.8 Å². The molecule has 0 atom stereocenters. The number of rotatable bonds is 7. The predicted octanol–water partition coefficient (Wildman–Crippen LogP) is 3.88. The Hall–Kier alpha value is -1.16. The first kappa shape index (κ1) is 13.9. The van der Waals surface area contributed by atoms with Gasteiger partial charge in [-0.15, -0.1) is 11.6 Å². The molecule has 0 fully saturated rings. The van der Waals surface area contributed by atoms with Gasteiger partial charge >= 0.3 is 6.61 Å². The third kappa shape index (κ3) is 5.13. The summed E-state index contributed by atoms with van der Waals surface area (Å²) >= 11 is 5.50. The number of ketones is 1. The van der Waals surface area contributed by atoms with Crippen LogP contribution in [0.25, 0.3) is 0 Å². The van der Waals surface area contributed by atoms with E-state index >= 15 is 0 Å². The summed E-state index contributed by atoms with van der Waals surface area (Å²) in [4.78, 5) is 11.7. The normalized spacial score (nSPS) is 10.6. The molecule has 1 aromatic carbocycles. The third-order valence-corrected chi connectivity index (χ3v) is 2.44. The van der Waals surface area contributed by atoms with Crippen LogP contribution in [0.2, 0.25) is 0 Å². The van der Waals surface area contributed by atoms with Gasteiger partial charge in [0.05, 0.1) is 0 Å². The van der Waals surface area contributed by atoms with E-state index in [2.05, 4.69) is 4.74 Å². The maximum atomic E-state index is 12.0. The third-order valence-electron chi connectivity index (χ3n) is 2.17. The quantitative estimate of drug-likeness (QED) is 0.423. The number of halogens is 3. The molecule has 94 valence electrons. The number of carbonyl (C=O) groups excluding carboxylic acids is 1. The topological polar surface area (TPSA) is 26.3 Å². The van der Waals surface area contributed by atoms with Crippen LogP contribution in [-0.2, 0) is 0 Å². The first-order chi connectivity index (χ1) is 8.13. The molecule has 0 saturated carbocycles. The van der Waals surface area contributed by atoms with Gasteiger partial charge in [-0.2, -0.15) is 8.78 Å². The second-order valence-electron chi connectivity index (χ2n) is 3.48. The Bertz CT molecular complexity index is 369. The molecule has 1 rings (SSSR count). The SMILES string of the molecule is O=C(CCCCCl)c1cccc(OC(F)F)c1. The van der Waals surface area contributed by atoms with Crippen molar-refractivity contribution in [3.8, 4) is 5.75 Å². The molecule has 0 aliphatic rings. The largest absolute Gasteiger partial charge is 0.435 e. The molecule has 17 heavy (non-hydrogen) atoms. The Kier molecular flexibility index (Phi) is 5.91. The van der Waals surface area contributed by atoms with Crippen molar-refractivity contribution in [1.29, 1.82) is 0 Å². The number of unbranched alkanes of at least 4 members (excludes halogenated alkanes) is 1. The smallest absolute Gasteiger partial charge is 0.387 e. The van der Waals surface area contributed by atoms with Crippen LogP contribution in [0.3, 0.4) is 0 Å². The molecule has 1 aromatic rings. The molecule has 2 nitrogen and oxygen atoms in total. The molecule has 0 aliphatic carbocycles. The molecular weight excluding hydrogens is 250 g/mol. The van der Waals surface area contributed by atoms with E-state index in [0.29, 0.717) is 24.3 Å². The van der Waals surface area contributed by atoms with Gasteiger partial charge in [-0.3, -0.25) is 4.79 Å². The number of ether oxygens (including phenoxy) is 1. The van der Waals surface area contributed by atoms with E-state index in [1.165, 1.54) is 18.2 Å². The van der Waals surface area contributed by atoms with Gasteiger partial charge in [-0.25, -0.2) is 0 Å². The summed E-state index contributed by atoms with van der Waals surface area (Å²) in [5.74, 6) is 0.431. The van der Waals surface area contributed by atoms with Crippen LogP contribution in [0.1, 0.15) is 29.6 Å². The van der Waals surface area contributed by atoms with E-state index in [-0.39, 0.29) is 11.5 Å². The summed E-state index contributed by atoms with van der Waals surface area (Å²) in [7, 11) is 0. The van der Waals surface area contributed by atoms with Crippen molar-refractivity contribution in [2.75, 3.05) is 5.88 Å². The Morgan fingerprint density at radius 2 is 2.12 bits per heavy atom. The van der Waals surface area contributed by atoms with Crippen LogP contribution < -0.4 is 4.74 Å². The van der Waals surface area contributed by atoms with Gasteiger partial charge in [0.25, 0.3) is 0 Å². The van der Waals surface area contributed by atoms with Gasteiger partial charge in [0.2, 0.25) is 0 Å². The summed E-state index contributed by atoms with van der Waals surface area (Å²) in [6.45, 7) is -2.88. The van der Waals surface area contributed by atoms with Gasteiger partial charge in [-0.1, -0.05) is 12.1 Å². The lowest BCUT2D eigenvalue weighted by Gasteiger charge is -2.06. The lowest BCUT2D eigenvalue weighted by Crippen LogP contribution is -2.04. The zero-order valence-corrected chi connectivity index (χ0v) is 9.92. The highest BCUT2D eigenvalue weighted by atomic mass is 35.5. The Morgan fingerprint density at radius 3 is 2.76 bits per heavy atom. The van der Waals surface area contributed by atoms with E-state index in [9.17, 15) is 13.6 Å². The molecule has 0 heterocycles. The molecule has 0 spiro atoms. The first-order valence-corrected chi connectivity index (χ1v) is 5.81. The summed E-state index contributed by atoms with van der Waals surface area (Å²) in [6, 6.07) is 5.82. The summed E-state index contributed by atoms with van der Waals surface area (Å²) in [5.41, 5.74) is 0.387. The second kappa shape index (κ2) is 7.22. The number of hydrogen-bond acceptors (Lipinski definition) is 2. The minimum Gasteiger partial charge on any atom is -0.435 e.